The van der Waals surface area contributed by atoms with Crippen LogP contribution >= 0.6 is 0 Å². The summed E-state index contributed by atoms with van der Waals surface area (Å²) in [5, 5.41) is 1.48. The fourth-order valence-electron chi connectivity index (χ4n) is 1.64. The molecule has 96 valence electrons. The van der Waals surface area contributed by atoms with Gasteiger partial charge in [-0.15, -0.1) is 0 Å². The number of rotatable bonds is 5. The van der Waals surface area contributed by atoms with E-state index < -0.39 is 10.1 Å². The van der Waals surface area contributed by atoms with Crippen molar-refractivity contribution in [2.45, 2.75) is 4.90 Å². The normalized spacial score (nSPS) is 11.8. The molecule has 3 N–H and O–H groups in total. The molecule has 5 nitrogen and oxygen atoms in total. The van der Waals surface area contributed by atoms with Gasteiger partial charge in [0.25, 0.3) is 0 Å². The fourth-order valence-corrected chi connectivity index (χ4v) is 2.67. The molecule has 0 saturated carbocycles. The van der Waals surface area contributed by atoms with Gasteiger partial charge in [0.05, 0.1) is 0 Å². The summed E-state index contributed by atoms with van der Waals surface area (Å²) in [5.41, 5.74) is 7.58. The highest BCUT2D eigenvalue weighted by Crippen LogP contribution is 2.23. The molecule has 0 bridgehead atoms. The molecule has 18 heavy (non-hydrogen) atoms. The molecule has 0 fully saturated rings. The van der Waals surface area contributed by atoms with Gasteiger partial charge >= 0.3 is 10.1 Å². The molecule has 2 aromatic rings. The summed E-state index contributed by atoms with van der Waals surface area (Å²) < 4.78 is 28.7. The Bertz CT molecular complexity index is 635. The van der Waals surface area contributed by atoms with Gasteiger partial charge in [0.15, 0.2) is 0 Å². The summed E-state index contributed by atoms with van der Waals surface area (Å²) in [6, 6.07) is 12.3. The fraction of sp³-hybridized carbons (Fsp3) is 0.167. The highest BCUT2D eigenvalue weighted by molar-refractivity contribution is 7.87. The quantitative estimate of drug-likeness (QED) is 0.623. The first-order valence-electron chi connectivity index (χ1n) is 5.49. The lowest BCUT2D eigenvalue weighted by molar-refractivity contribution is 0.208. The lowest BCUT2D eigenvalue weighted by Crippen LogP contribution is -2.26. The molecule has 0 aliphatic heterocycles. The van der Waals surface area contributed by atoms with Gasteiger partial charge in [0.2, 0.25) is 0 Å². The highest BCUT2D eigenvalue weighted by Gasteiger charge is 2.18. The smallest absolute Gasteiger partial charge is 0.313 e. The molecular formula is C12H14N2O3S. The molecule has 0 saturated heterocycles. The third-order valence-electron chi connectivity index (χ3n) is 2.43. The number of hydrogen-bond acceptors (Lipinski definition) is 5. The highest BCUT2D eigenvalue weighted by atomic mass is 32.2. The van der Waals surface area contributed by atoms with Crippen molar-refractivity contribution in [3.05, 3.63) is 42.5 Å². The van der Waals surface area contributed by atoms with Gasteiger partial charge < -0.3 is 5.73 Å². The Morgan fingerprint density at radius 2 is 1.83 bits per heavy atom. The minimum absolute atomic E-state index is 0.144. The molecule has 0 amide bonds. The van der Waals surface area contributed by atoms with Crippen LogP contribution in [0.25, 0.3) is 10.8 Å². The van der Waals surface area contributed by atoms with Crippen molar-refractivity contribution in [2.24, 2.45) is 5.73 Å². The van der Waals surface area contributed by atoms with Gasteiger partial charge in [-0.3, -0.25) is 0 Å². The van der Waals surface area contributed by atoms with Gasteiger partial charge in [-0.05, 0) is 11.5 Å². The molecular weight excluding hydrogens is 252 g/mol. The molecule has 0 spiro atoms. The lowest BCUT2D eigenvalue weighted by Gasteiger charge is -2.08. The predicted molar refractivity (Wildman–Crippen MR) is 69.3 cm³/mol. The molecule has 2 rings (SSSR count). The Morgan fingerprint density at radius 1 is 1.11 bits per heavy atom. The second kappa shape index (κ2) is 5.45. The molecule has 0 heterocycles. The first kappa shape index (κ1) is 13.0. The minimum atomic E-state index is -3.83. The van der Waals surface area contributed by atoms with Crippen LogP contribution in [0.5, 0.6) is 0 Å². The Morgan fingerprint density at radius 3 is 2.61 bits per heavy atom. The Kier molecular flexibility index (Phi) is 3.93. The van der Waals surface area contributed by atoms with E-state index >= 15 is 0 Å². The van der Waals surface area contributed by atoms with Crippen LogP contribution in [0.4, 0.5) is 0 Å². The third kappa shape index (κ3) is 2.68. The van der Waals surface area contributed by atoms with Crippen molar-refractivity contribution in [3.8, 4) is 0 Å². The number of fused-ring (bicyclic) bond motifs is 1. The molecule has 0 unspecified atom stereocenters. The zero-order valence-electron chi connectivity index (χ0n) is 9.67. The molecule has 0 atom stereocenters. The number of hydrogen-bond donors (Lipinski definition) is 2. The first-order valence-corrected chi connectivity index (χ1v) is 6.90. The standard InChI is InChI=1S/C12H14N2O3S/c13-8-9-14-17-18(15,16)12-7-3-5-10-4-1-2-6-11(10)12/h1-7,14H,8-9,13H2. The molecule has 0 aromatic heterocycles. The molecule has 0 aliphatic rings. The SMILES string of the molecule is NCCNOS(=O)(=O)c1cccc2ccccc12. The van der Waals surface area contributed by atoms with Crippen LogP contribution < -0.4 is 11.2 Å². The zero-order chi connectivity index (χ0) is 13.0. The summed E-state index contributed by atoms with van der Waals surface area (Å²) in [6.45, 7) is 0.565. The summed E-state index contributed by atoms with van der Waals surface area (Å²) >= 11 is 0. The summed E-state index contributed by atoms with van der Waals surface area (Å²) in [5.74, 6) is 0. The van der Waals surface area contributed by atoms with E-state index in [1.54, 1.807) is 18.2 Å². The third-order valence-corrected chi connectivity index (χ3v) is 3.67. The van der Waals surface area contributed by atoms with Crippen LogP contribution in [0.15, 0.2) is 47.4 Å². The van der Waals surface area contributed by atoms with E-state index in [0.717, 1.165) is 5.39 Å². The van der Waals surface area contributed by atoms with Gasteiger partial charge in [0, 0.05) is 18.5 Å². The number of hydroxylamine groups is 1. The summed E-state index contributed by atoms with van der Waals surface area (Å²) in [4.78, 5) is 0.144. The first-order chi connectivity index (χ1) is 8.65. The number of nitrogens with two attached hydrogens (primary N) is 1. The topological polar surface area (TPSA) is 81.4 Å². The largest absolute Gasteiger partial charge is 0.329 e. The second-order valence-electron chi connectivity index (χ2n) is 3.70. The van der Waals surface area contributed by atoms with Gasteiger partial charge in [-0.1, -0.05) is 36.4 Å². The van der Waals surface area contributed by atoms with Crippen LogP contribution in [-0.2, 0) is 14.4 Å². The van der Waals surface area contributed by atoms with Crippen LogP contribution in [0.1, 0.15) is 0 Å². The van der Waals surface area contributed by atoms with E-state index in [4.69, 9.17) is 10.0 Å². The van der Waals surface area contributed by atoms with E-state index in [9.17, 15) is 8.42 Å². The molecule has 0 radical (unpaired) electrons. The van der Waals surface area contributed by atoms with Crippen molar-refractivity contribution in [1.82, 2.24) is 5.48 Å². The van der Waals surface area contributed by atoms with E-state index in [1.165, 1.54) is 6.07 Å². The second-order valence-corrected chi connectivity index (χ2v) is 5.21. The van der Waals surface area contributed by atoms with E-state index in [2.05, 4.69) is 5.48 Å². The van der Waals surface area contributed by atoms with Crippen molar-refractivity contribution >= 4 is 20.9 Å². The van der Waals surface area contributed by atoms with Crippen molar-refractivity contribution in [3.63, 3.8) is 0 Å². The summed E-state index contributed by atoms with van der Waals surface area (Å²) in [7, 11) is -3.83. The average Bonchev–Trinajstić information content (AvgIpc) is 2.38. The van der Waals surface area contributed by atoms with Crippen molar-refractivity contribution in [1.29, 1.82) is 0 Å². The summed E-state index contributed by atoms with van der Waals surface area (Å²) in [6.07, 6.45) is 0. The maximum absolute atomic E-state index is 12.0. The maximum atomic E-state index is 12.0. The van der Waals surface area contributed by atoms with Gasteiger partial charge in [-0.2, -0.15) is 18.2 Å². The van der Waals surface area contributed by atoms with Gasteiger partial charge in [-0.25, -0.2) is 0 Å². The van der Waals surface area contributed by atoms with Crippen LogP contribution in [-0.4, -0.2) is 21.5 Å². The van der Waals surface area contributed by atoms with E-state index in [1.807, 2.05) is 18.2 Å². The average molecular weight is 266 g/mol. The van der Waals surface area contributed by atoms with Crippen LogP contribution in [0.3, 0.4) is 0 Å². The number of nitrogens with one attached hydrogen (secondary N) is 1. The van der Waals surface area contributed by atoms with Crippen molar-refractivity contribution < 1.29 is 12.7 Å². The number of benzene rings is 2. The predicted octanol–water partition coefficient (Wildman–Crippen LogP) is 1.01. The Labute approximate surface area is 106 Å². The van der Waals surface area contributed by atoms with E-state index in [0.29, 0.717) is 11.9 Å². The zero-order valence-corrected chi connectivity index (χ0v) is 10.5. The van der Waals surface area contributed by atoms with Gasteiger partial charge in [0.1, 0.15) is 4.90 Å². The molecule has 0 aliphatic carbocycles. The Hall–Kier alpha value is -1.47. The molecule has 6 heteroatoms. The monoisotopic (exact) mass is 266 g/mol. The Balaban J connectivity index is 2.41. The van der Waals surface area contributed by atoms with Crippen molar-refractivity contribution in [2.75, 3.05) is 13.1 Å². The van der Waals surface area contributed by atoms with E-state index in [-0.39, 0.29) is 11.4 Å². The minimum Gasteiger partial charge on any atom is -0.329 e. The van der Waals surface area contributed by atoms with Crippen LogP contribution in [0.2, 0.25) is 0 Å². The van der Waals surface area contributed by atoms with Crippen LogP contribution in [0, 0.1) is 0 Å². The maximum Gasteiger partial charge on any atom is 0.313 e. The molecule has 2 aromatic carbocycles. The lowest BCUT2D eigenvalue weighted by atomic mass is 10.1.